The summed E-state index contributed by atoms with van der Waals surface area (Å²) in [4.78, 5) is 10.2. The van der Waals surface area contributed by atoms with Crippen molar-refractivity contribution in [1.29, 1.82) is 0 Å². The Bertz CT molecular complexity index is 2060. The first-order valence-corrected chi connectivity index (χ1v) is 16.9. The predicted octanol–water partition coefficient (Wildman–Crippen LogP) is 10.6. The van der Waals surface area contributed by atoms with E-state index in [2.05, 4.69) is 168 Å². The van der Waals surface area contributed by atoms with E-state index in [9.17, 15) is 0 Å². The molecule has 0 saturated heterocycles. The van der Waals surface area contributed by atoms with Crippen LogP contribution >= 0.6 is 0 Å². The molecule has 0 aromatic heterocycles. The number of dihydropyridines is 1. The molecule has 9 rings (SSSR count). The van der Waals surface area contributed by atoms with Crippen LogP contribution in [0.3, 0.4) is 0 Å². The smallest absolute Gasteiger partial charge is 0.132 e. The Balaban J connectivity index is 1.35. The Morgan fingerprint density at radius 3 is 1.87 bits per heavy atom. The van der Waals surface area contributed by atoms with E-state index in [4.69, 9.17) is 4.99 Å². The van der Waals surface area contributed by atoms with Crippen molar-refractivity contribution in [1.82, 2.24) is 0 Å². The lowest BCUT2D eigenvalue weighted by molar-refractivity contribution is 0.524. The Morgan fingerprint density at radius 2 is 1.21 bits per heavy atom. The van der Waals surface area contributed by atoms with Crippen molar-refractivity contribution in [3.63, 3.8) is 0 Å². The van der Waals surface area contributed by atoms with Crippen molar-refractivity contribution in [3.05, 3.63) is 174 Å². The summed E-state index contributed by atoms with van der Waals surface area (Å²) in [5, 5.41) is 0. The quantitative estimate of drug-likeness (QED) is 0.203. The lowest BCUT2D eigenvalue weighted by Gasteiger charge is -2.38. The topological polar surface area (TPSA) is 18.8 Å². The largest absolute Gasteiger partial charge is 0.332 e. The lowest BCUT2D eigenvalue weighted by Crippen LogP contribution is -2.43. The minimum absolute atomic E-state index is 0.0421. The summed E-state index contributed by atoms with van der Waals surface area (Å²) in [6.07, 6.45) is 12.3. The molecular formula is C44H37N3. The van der Waals surface area contributed by atoms with Crippen LogP contribution in [0.4, 0.5) is 17.1 Å². The third-order valence-corrected chi connectivity index (χ3v) is 10.5. The van der Waals surface area contributed by atoms with E-state index in [-0.39, 0.29) is 11.5 Å². The molecule has 47 heavy (non-hydrogen) atoms. The molecule has 5 aromatic rings. The number of nitrogens with zero attached hydrogens (tertiary/aromatic N) is 3. The monoisotopic (exact) mass is 607 g/mol. The van der Waals surface area contributed by atoms with Crippen molar-refractivity contribution >= 4 is 22.9 Å². The standard InChI is InChI=1S/C44H37N3/c1-44-37-21-9-12-24-40(37)46(35-29-33(31-16-4-2-5-17-31)28-34(30-35)32-18-6-3-7-19-32)43(44)36-20-8-11-23-39(36)47(42-26-14-15-27-45-42)41-25-13-10-22-38(41)44/h2-10,12-14,16-22,24-26,28-30,43H,11,15,23,27H2,1H3. The molecule has 3 nitrogen and oxygen atoms in total. The van der Waals surface area contributed by atoms with Crippen LogP contribution in [-0.4, -0.2) is 18.4 Å². The molecule has 3 heteroatoms. The molecule has 228 valence electrons. The van der Waals surface area contributed by atoms with E-state index < -0.39 is 0 Å². The van der Waals surface area contributed by atoms with Crippen LogP contribution in [0.2, 0.25) is 0 Å². The third kappa shape index (κ3) is 4.37. The first-order chi connectivity index (χ1) is 23.2. The molecule has 1 aliphatic carbocycles. The van der Waals surface area contributed by atoms with Crippen LogP contribution in [0.5, 0.6) is 0 Å². The maximum atomic E-state index is 5.10. The first kappa shape index (κ1) is 27.9. The lowest BCUT2D eigenvalue weighted by atomic mass is 9.70. The van der Waals surface area contributed by atoms with Gasteiger partial charge in [0.05, 0.1) is 11.7 Å². The number of hydrogen-bond donors (Lipinski definition) is 0. The molecule has 0 radical (unpaired) electrons. The number of hydrogen-bond acceptors (Lipinski definition) is 3. The van der Waals surface area contributed by atoms with Crippen LogP contribution < -0.4 is 9.80 Å². The van der Waals surface area contributed by atoms with Gasteiger partial charge in [-0.3, -0.25) is 9.89 Å². The molecule has 3 aliphatic heterocycles. The van der Waals surface area contributed by atoms with E-state index in [1.807, 2.05) is 0 Å². The van der Waals surface area contributed by atoms with Gasteiger partial charge in [0, 0.05) is 29.0 Å². The number of para-hydroxylation sites is 2. The Kier molecular flexibility index (Phi) is 6.60. The molecule has 0 N–H and O–H groups in total. The summed E-state index contributed by atoms with van der Waals surface area (Å²) in [7, 11) is 0. The van der Waals surface area contributed by atoms with Gasteiger partial charge in [-0.15, -0.1) is 0 Å². The number of allylic oxidation sites excluding steroid dienone is 2. The Labute approximate surface area is 277 Å². The van der Waals surface area contributed by atoms with Crippen molar-refractivity contribution in [2.75, 3.05) is 16.3 Å². The van der Waals surface area contributed by atoms with Gasteiger partial charge >= 0.3 is 0 Å². The van der Waals surface area contributed by atoms with Crippen molar-refractivity contribution < 1.29 is 0 Å². The highest BCUT2D eigenvalue weighted by atomic mass is 15.3. The van der Waals surface area contributed by atoms with Crippen molar-refractivity contribution in [3.8, 4) is 22.3 Å². The second-order valence-corrected chi connectivity index (χ2v) is 13.1. The van der Waals surface area contributed by atoms with E-state index >= 15 is 0 Å². The highest BCUT2D eigenvalue weighted by molar-refractivity contribution is 6.09. The van der Waals surface area contributed by atoms with Crippen molar-refractivity contribution in [2.24, 2.45) is 4.99 Å². The number of rotatable bonds is 3. The minimum Gasteiger partial charge on any atom is -0.332 e. The SMILES string of the molecule is CC12c3ccccc3N(C3=NCCC=C3)C3=C(C=CCC3)C1N(c1cc(-c3ccccc3)cc(-c3ccccc3)c1)c1ccccc12. The van der Waals surface area contributed by atoms with Gasteiger partial charge in [-0.2, -0.15) is 0 Å². The Morgan fingerprint density at radius 1 is 0.617 bits per heavy atom. The van der Waals surface area contributed by atoms with Gasteiger partial charge in [-0.25, -0.2) is 0 Å². The van der Waals surface area contributed by atoms with Crippen LogP contribution in [0.1, 0.15) is 37.3 Å². The average molecular weight is 608 g/mol. The van der Waals surface area contributed by atoms with Gasteiger partial charge in [-0.05, 0) is 102 Å². The molecule has 0 fully saturated rings. The molecular weight excluding hydrogens is 571 g/mol. The summed E-state index contributed by atoms with van der Waals surface area (Å²) >= 11 is 0. The van der Waals surface area contributed by atoms with E-state index in [0.29, 0.717) is 0 Å². The van der Waals surface area contributed by atoms with Crippen LogP contribution in [0.25, 0.3) is 22.3 Å². The van der Waals surface area contributed by atoms with Gasteiger partial charge in [-0.1, -0.05) is 115 Å². The second kappa shape index (κ2) is 11.1. The summed E-state index contributed by atoms with van der Waals surface area (Å²) in [5.74, 6) is 1.05. The summed E-state index contributed by atoms with van der Waals surface area (Å²) in [6, 6.07) is 47.0. The van der Waals surface area contributed by atoms with Crippen LogP contribution in [-0.2, 0) is 5.41 Å². The number of benzene rings is 5. The molecule has 2 atom stereocenters. The van der Waals surface area contributed by atoms with Crippen LogP contribution in [0.15, 0.2) is 168 Å². The fraction of sp³-hybridized carbons (Fsp3) is 0.159. The molecule has 3 heterocycles. The fourth-order valence-corrected chi connectivity index (χ4v) is 8.36. The molecule has 5 aromatic carbocycles. The van der Waals surface area contributed by atoms with Crippen LogP contribution in [0, 0.1) is 0 Å². The number of fused-ring (bicyclic) bond motifs is 6. The summed E-state index contributed by atoms with van der Waals surface area (Å²) in [5.41, 5.74) is 13.7. The average Bonchev–Trinajstić information content (AvgIpc) is 3.37. The molecule has 0 spiro atoms. The fourth-order valence-electron chi connectivity index (χ4n) is 8.36. The van der Waals surface area contributed by atoms with Crippen molar-refractivity contribution in [2.45, 2.75) is 37.6 Å². The molecule has 0 bridgehead atoms. The number of anilines is 3. The van der Waals surface area contributed by atoms with Gasteiger partial charge < -0.3 is 4.90 Å². The highest BCUT2D eigenvalue weighted by Gasteiger charge is 2.54. The van der Waals surface area contributed by atoms with E-state index in [0.717, 1.165) is 31.6 Å². The zero-order chi connectivity index (χ0) is 31.4. The zero-order valence-corrected chi connectivity index (χ0v) is 26.7. The summed E-state index contributed by atoms with van der Waals surface area (Å²) < 4.78 is 0. The summed E-state index contributed by atoms with van der Waals surface area (Å²) in [6.45, 7) is 3.30. The number of aliphatic imine (C=N–C) groups is 1. The number of amidine groups is 1. The Hall–Kier alpha value is -5.41. The molecule has 0 saturated carbocycles. The van der Waals surface area contributed by atoms with Gasteiger partial charge in [0.1, 0.15) is 5.84 Å². The second-order valence-electron chi connectivity index (χ2n) is 13.1. The maximum Gasteiger partial charge on any atom is 0.132 e. The molecule has 4 aliphatic rings. The first-order valence-electron chi connectivity index (χ1n) is 16.9. The normalized spacial score (nSPS) is 21.0. The van der Waals surface area contributed by atoms with Gasteiger partial charge in [0.2, 0.25) is 0 Å². The zero-order valence-electron chi connectivity index (χ0n) is 26.7. The maximum absolute atomic E-state index is 5.10. The highest BCUT2D eigenvalue weighted by Crippen LogP contribution is 2.59. The van der Waals surface area contributed by atoms with E-state index in [1.165, 1.54) is 61.7 Å². The van der Waals surface area contributed by atoms with E-state index in [1.54, 1.807) is 0 Å². The predicted molar refractivity (Wildman–Crippen MR) is 197 cm³/mol. The third-order valence-electron chi connectivity index (χ3n) is 10.5. The molecule has 2 unspecified atom stereocenters. The van der Waals surface area contributed by atoms with Gasteiger partial charge in [0.25, 0.3) is 0 Å². The molecule has 0 amide bonds. The van der Waals surface area contributed by atoms with Gasteiger partial charge in [0.15, 0.2) is 0 Å². The minimum atomic E-state index is -0.321.